The van der Waals surface area contributed by atoms with E-state index in [2.05, 4.69) is 20.7 Å². The molecule has 1 N–H and O–H groups in total. The Morgan fingerprint density at radius 2 is 1.95 bits per heavy atom. The number of hydrogen-bond acceptors (Lipinski definition) is 5. The van der Waals surface area contributed by atoms with E-state index in [1.165, 1.54) is 4.80 Å². The van der Waals surface area contributed by atoms with Crippen LogP contribution in [0, 0.1) is 0 Å². The summed E-state index contributed by atoms with van der Waals surface area (Å²) in [4.78, 5) is 13.4. The summed E-state index contributed by atoms with van der Waals surface area (Å²) >= 11 is 0. The molecule has 0 amide bonds. The number of rotatable bonds is 4. The van der Waals surface area contributed by atoms with Gasteiger partial charge in [-0.2, -0.15) is 4.80 Å². The third-order valence-electron chi connectivity index (χ3n) is 3.52. The van der Waals surface area contributed by atoms with Crippen LogP contribution in [0.3, 0.4) is 0 Å². The number of tetrazole rings is 1. The standard InChI is InChI=1S/C13H17N7O/c1-4-20-16-12(15-17-20)14-8-9-5-6-10-11(7-9)19(3)13(21)18(10)2/h5-7H,4,8H2,1-3H3,(H,14,16). The van der Waals surface area contributed by atoms with Crippen molar-refractivity contribution in [1.82, 2.24) is 29.3 Å². The zero-order valence-corrected chi connectivity index (χ0v) is 12.2. The van der Waals surface area contributed by atoms with E-state index in [1.54, 1.807) is 23.2 Å². The minimum Gasteiger partial charge on any atom is -0.348 e. The first-order chi connectivity index (χ1) is 10.1. The lowest BCUT2D eigenvalue weighted by Crippen LogP contribution is -2.19. The number of aryl methyl sites for hydroxylation is 3. The summed E-state index contributed by atoms with van der Waals surface area (Å²) in [5.41, 5.74) is 2.85. The van der Waals surface area contributed by atoms with Crippen molar-refractivity contribution in [2.45, 2.75) is 20.0 Å². The van der Waals surface area contributed by atoms with E-state index >= 15 is 0 Å². The summed E-state index contributed by atoms with van der Waals surface area (Å²) in [5.74, 6) is 0.499. The third-order valence-corrected chi connectivity index (χ3v) is 3.52. The highest BCUT2D eigenvalue weighted by molar-refractivity contribution is 5.76. The van der Waals surface area contributed by atoms with Gasteiger partial charge in [-0.1, -0.05) is 11.2 Å². The van der Waals surface area contributed by atoms with Crippen molar-refractivity contribution < 1.29 is 0 Å². The van der Waals surface area contributed by atoms with E-state index in [9.17, 15) is 4.79 Å². The SMILES string of the molecule is CCn1nnc(NCc2ccc3c(c2)n(C)c(=O)n3C)n1. The minimum absolute atomic E-state index is 0.0253. The lowest BCUT2D eigenvalue weighted by molar-refractivity contribution is 0.552. The highest BCUT2D eigenvalue weighted by Crippen LogP contribution is 2.14. The van der Waals surface area contributed by atoms with Crippen molar-refractivity contribution >= 4 is 17.0 Å². The van der Waals surface area contributed by atoms with Gasteiger partial charge in [-0.3, -0.25) is 9.13 Å². The van der Waals surface area contributed by atoms with Crippen LogP contribution in [0.5, 0.6) is 0 Å². The number of fused-ring (bicyclic) bond motifs is 1. The van der Waals surface area contributed by atoms with Crippen molar-refractivity contribution in [3.63, 3.8) is 0 Å². The largest absolute Gasteiger partial charge is 0.348 e. The van der Waals surface area contributed by atoms with Gasteiger partial charge in [0.1, 0.15) is 0 Å². The van der Waals surface area contributed by atoms with E-state index in [0.29, 0.717) is 19.0 Å². The molecule has 8 heteroatoms. The maximum Gasteiger partial charge on any atom is 0.328 e. The second-order valence-corrected chi connectivity index (χ2v) is 4.88. The molecule has 0 aliphatic carbocycles. The first-order valence-corrected chi connectivity index (χ1v) is 6.76. The van der Waals surface area contributed by atoms with Gasteiger partial charge in [-0.15, -0.1) is 5.10 Å². The molecule has 0 saturated carbocycles. The normalized spacial score (nSPS) is 11.2. The molecule has 21 heavy (non-hydrogen) atoms. The molecule has 110 valence electrons. The van der Waals surface area contributed by atoms with Crippen LogP contribution >= 0.6 is 0 Å². The fourth-order valence-electron chi connectivity index (χ4n) is 2.29. The van der Waals surface area contributed by atoms with Gasteiger partial charge >= 0.3 is 5.69 Å². The van der Waals surface area contributed by atoms with Crippen LogP contribution in [0.25, 0.3) is 11.0 Å². The summed E-state index contributed by atoms with van der Waals surface area (Å²) in [6, 6.07) is 5.93. The van der Waals surface area contributed by atoms with Gasteiger partial charge in [-0.05, 0) is 29.8 Å². The molecule has 8 nitrogen and oxygen atoms in total. The Kier molecular flexibility index (Phi) is 3.20. The minimum atomic E-state index is -0.0253. The smallest absolute Gasteiger partial charge is 0.328 e. The topological polar surface area (TPSA) is 82.6 Å². The van der Waals surface area contributed by atoms with E-state index in [0.717, 1.165) is 16.6 Å². The number of anilines is 1. The van der Waals surface area contributed by atoms with Gasteiger partial charge < -0.3 is 5.32 Å². The molecule has 1 aromatic carbocycles. The second-order valence-electron chi connectivity index (χ2n) is 4.88. The quantitative estimate of drug-likeness (QED) is 0.755. The van der Waals surface area contributed by atoms with Crippen molar-refractivity contribution in [2.75, 3.05) is 5.32 Å². The van der Waals surface area contributed by atoms with E-state index < -0.39 is 0 Å². The maximum atomic E-state index is 11.9. The molecular formula is C13H17N7O. The van der Waals surface area contributed by atoms with Crippen LogP contribution < -0.4 is 11.0 Å². The van der Waals surface area contributed by atoms with Gasteiger partial charge in [0.15, 0.2) is 0 Å². The van der Waals surface area contributed by atoms with E-state index in [-0.39, 0.29) is 5.69 Å². The first-order valence-electron chi connectivity index (χ1n) is 6.76. The monoisotopic (exact) mass is 287 g/mol. The molecule has 0 bridgehead atoms. The molecule has 0 fully saturated rings. The van der Waals surface area contributed by atoms with Crippen LogP contribution in [-0.4, -0.2) is 29.3 Å². The van der Waals surface area contributed by atoms with E-state index in [1.807, 2.05) is 25.1 Å². The summed E-state index contributed by atoms with van der Waals surface area (Å²) in [6.07, 6.45) is 0. The van der Waals surface area contributed by atoms with Crippen LogP contribution in [0.1, 0.15) is 12.5 Å². The summed E-state index contributed by atoms with van der Waals surface area (Å²) in [6.45, 7) is 3.22. The highest BCUT2D eigenvalue weighted by Gasteiger charge is 2.08. The molecule has 0 saturated heterocycles. The molecule has 2 aromatic heterocycles. The highest BCUT2D eigenvalue weighted by atomic mass is 16.1. The summed E-state index contributed by atoms with van der Waals surface area (Å²) in [5, 5.41) is 15.1. The van der Waals surface area contributed by atoms with Crippen molar-refractivity contribution in [3.8, 4) is 0 Å². The van der Waals surface area contributed by atoms with Crippen molar-refractivity contribution in [1.29, 1.82) is 0 Å². The molecule has 0 aliphatic rings. The molecule has 0 aliphatic heterocycles. The van der Waals surface area contributed by atoms with Gasteiger partial charge in [-0.25, -0.2) is 4.79 Å². The van der Waals surface area contributed by atoms with Crippen LogP contribution in [0.2, 0.25) is 0 Å². The molecule has 0 spiro atoms. The Morgan fingerprint density at radius 3 is 2.67 bits per heavy atom. The third kappa shape index (κ3) is 2.28. The Hall–Kier alpha value is -2.64. The van der Waals surface area contributed by atoms with Crippen LogP contribution in [-0.2, 0) is 27.2 Å². The molecule has 2 heterocycles. The van der Waals surface area contributed by atoms with Crippen molar-refractivity contribution in [2.24, 2.45) is 14.1 Å². The van der Waals surface area contributed by atoms with Gasteiger partial charge in [0.05, 0.1) is 17.6 Å². The predicted molar refractivity (Wildman–Crippen MR) is 79.0 cm³/mol. The number of hydrogen-bond donors (Lipinski definition) is 1. The average molecular weight is 287 g/mol. The number of imidazole rings is 1. The van der Waals surface area contributed by atoms with Crippen LogP contribution in [0.4, 0.5) is 5.95 Å². The maximum absolute atomic E-state index is 11.9. The lowest BCUT2D eigenvalue weighted by atomic mass is 10.2. The number of benzene rings is 1. The lowest BCUT2D eigenvalue weighted by Gasteiger charge is -2.03. The number of nitrogens with one attached hydrogen (secondary N) is 1. The predicted octanol–water partition coefficient (Wildman–Crippen LogP) is 0.495. The van der Waals surface area contributed by atoms with Crippen molar-refractivity contribution in [3.05, 3.63) is 34.2 Å². The Labute approximate surface area is 121 Å². The molecule has 3 rings (SSSR count). The fourth-order valence-corrected chi connectivity index (χ4v) is 2.29. The molecule has 0 unspecified atom stereocenters. The van der Waals surface area contributed by atoms with E-state index in [4.69, 9.17) is 0 Å². The first kappa shape index (κ1) is 13.3. The number of nitrogens with zero attached hydrogens (tertiary/aromatic N) is 6. The summed E-state index contributed by atoms with van der Waals surface area (Å²) in [7, 11) is 3.55. The molecule has 3 aromatic rings. The van der Waals surface area contributed by atoms with Crippen LogP contribution in [0.15, 0.2) is 23.0 Å². The van der Waals surface area contributed by atoms with Gasteiger partial charge in [0, 0.05) is 20.6 Å². The number of aromatic nitrogens is 6. The Balaban J connectivity index is 1.84. The van der Waals surface area contributed by atoms with Gasteiger partial charge in [0.2, 0.25) is 0 Å². The fraction of sp³-hybridized carbons (Fsp3) is 0.385. The second kappa shape index (κ2) is 5.04. The Bertz CT molecular complexity index is 842. The molecular weight excluding hydrogens is 270 g/mol. The zero-order valence-electron chi connectivity index (χ0n) is 12.2. The zero-order chi connectivity index (χ0) is 15.0. The molecule has 0 atom stereocenters. The molecule has 0 radical (unpaired) electrons. The Morgan fingerprint density at radius 1 is 1.19 bits per heavy atom. The van der Waals surface area contributed by atoms with Gasteiger partial charge in [0.25, 0.3) is 5.95 Å². The average Bonchev–Trinajstić information content (AvgIpc) is 3.05. The summed E-state index contributed by atoms with van der Waals surface area (Å²) < 4.78 is 3.28.